The highest BCUT2D eigenvalue weighted by molar-refractivity contribution is 5.90. The van der Waals surface area contributed by atoms with Crippen molar-refractivity contribution >= 4 is 5.97 Å². The molecule has 1 heterocycles. The van der Waals surface area contributed by atoms with Crippen LogP contribution in [0.5, 0.6) is 5.75 Å². The average Bonchev–Trinajstić information content (AvgIpc) is 3.06. The summed E-state index contributed by atoms with van der Waals surface area (Å²) in [7, 11) is 2.00. The molecule has 4 heteroatoms. The fraction of sp³-hybridized carbons (Fsp3) is 0.556. The van der Waals surface area contributed by atoms with Crippen LogP contribution in [0.25, 0.3) is 0 Å². The first-order chi connectivity index (χ1) is 14.9. The monoisotopic (exact) mass is 418 g/mol. The zero-order valence-corrected chi connectivity index (χ0v) is 18.6. The van der Waals surface area contributed by atoms with Gasteiger partial charge in [-0.15, -0.1) is 6.42 Å². The molecule has 0 unspecified atom stereocenters. The van der Waals surface area contributed by atoms with E-state index in [0.29, 0.717) is 35.6 Å². The Morgan fingerprint density at radius 1 is 1.32 bits per heavy atom. The van der Waals surface area contributed by atoms with Crippen LogP contribution < -0.4 is 0 Å². The summed E-state index contributed by atoms with van der Waals surface area (Å²) in [5.41, 5.74) is 2.36. The minimum Gasteiger partial charge on any atom is -0.508 e. The maximum Gasteiger partial charge on any atom is 0.421 e. The summed E-state index contributed by atoms with van der Waals surface area (Å²) in [5.74, 6) is 4.61. The largest absolute Gasteiger partial charge is 0.508 e. The Morgan fingerprint density at radius 3 is 2.94 bits per heavy atom. The molecule has 0 bridgehead atoms. The van der Waals surface area contributed by atoms with Gasteiger partial charge in [-0.2, -0.15) is 0 Å². The van der Waals surface area contributed by atoms with Gasteiger partial charge in [0.2, 0.25) is 0 Å². The van der Waals surface area contributed by atoms with E-state index in [-0.39, 0.29) is 11.4 Å². The highest BCUT2D eigenvalue weighted by Gasteiger charge is 2.64. The Hall–Kier alpha value is -2.38. The maximum absolute atomic E-state index is 13.1. The van der Waals surface area contributed by atoms with Gasteiger partial charge in [0.15, 0.2) is 11.2 Å². The molecular weight excluding hydrogens is 386 g/mol. The topological polar surface area (TPSA) is 49.8 Å². The molecule has 3 aliphatic carbocycles. The third kappa shape index (κ3) is 3.09. The Bertz CT molecular complexity index is 975. The number of phenols is 1. The molecule has 0 radical (unpaired) electrons. The molecule has 162 valence electrons. The van der Waals surface area contributed by atoms with Gasteiger partial charge in [0.1, 0.15) is 18.4 Å². The number of hydrogen-bond acceptors (Lipinski definition) is 4. The van der Waals surface area contributed by atoms with E-state index in [1.54, 1.807) is 0 Å². The molecule has 0 saturated heterocycles. The van der Waals surface area contributed by atoms with Crippen molar-refractivity contribution in [1.82, 2.24) is 4.90 Å². The minimum atomic E-state index is -0.828. The van der Waals surface area contributed by atoms with Crippen LogP contribution in [-0.2, 0) is 16.0 Å². The number of nitrogens with zero attached hydrogens (tertiary/aromatic N) is 1. The highest BCUT2D eigenvalue weighted by Crippen LogP contribution is 2.65. The minimum absolute atomic E-state index is 0.197. The van der Waals surface area contributed by atoms with Gasteiger partial charge >= 0.3 is 5.97 Å². The van der Waals surface area contributed by atoms with Gasteiger partial charge in [0, 0.05) is 5.41 Å². The number of ether oxygens (including phenoxy) is 1. The molecule has 31 heavy (non-hydrogen) atoms. The van der Waals surface area contributed by atoms with Crippen LogP contribution in [0.15, 0.2) is 29.8 Å². The molecule has 1 aromatic carbocycles. The van der Waals surface area contributed by atoms with E-state index in [1.807, 2.05) is 31.7 Å². The fourth-order valence-electron chi connectivity index (χ4n) is 7.14. The number of rotatable bonds is 2. The molecule has 4 aliphatic rings. The van der Waals surface area contributed by atoms with E-state index < -0.39 is 5.60 Å². The number of aromatic hydroxyl groups is 1. The molecular formula is C27H32NO3+. The van der Waals surface area contributed by atoms with E-state index >= 15 is 0 Å². The number of fused-ring (bicyclic) bond motifs is 5. The van der Waals surface area contributed by atoms with Gasteiger partial charge in [-0.1, -0.05) is 18.9 Å². The van der Waals surface area contributed by atoms with Crippen LogP contribution in [-0.4, -0.2) is 41.7 Å². The first-order valence-electron chi connectivity index (χ1n) is 11.6. The Morgan fingerprint density at radius 2 is 2.16 bits per heavy atom. The van der Waals surface area contributed by atoms with Gasteiger partial charge in [0.25, 0.3) is 0 Å². The molecule has 2 saturated carbocycles. The van der Waals surface area contributed by atoms with Crippen molar-refractivity contribution in [2.45, 2.75) is 57.0 Å². The summed E-state index contributed by atoms with van der Waals surface area (Å²) in [6.07, 6.45) is 15.9. The van der Waals surface area contributed by atoms with Gasteiger partial charge in [-0.25, -0.2) is 4.79 Å². The van der Waals surface area contributed by atoms with Crippen molar-refractivity contribution in [2.75, 3.05) is 20.1 Å². The van der Waals surface area contributed by atoms with E-state index in [9.17, 15) is 9.90 Å². The predicted octanol–water partition coefficient (Wildman–Crippen LogP) is 4.24. The van der Waals surface area contributed by atoms with Gasteiger partial charge in [-0.3, -0.25) is 4.90 Å². The second kappa shape index (κ2) is 7.35. The number of esters is 1. The lowest BCUT2D eigenvalue weighted by molar-refractivity contribution is -0.164. The normalized spacial score (nSPS) is 36.8. The molecule has 0 spiro atoms. The molecule has 1 aromatic rings. The molecule has 0 aromatic heterocycles. The zero-order valence-electron chi connectivity index (χ0n) is 18.6. The third-order valence-electron chi connectivity index (χ3n) is 8.77. The van der Waals surface area contributed by atoms with Gasteiger partial charge < -0.3 is 9.84 Å². The van der Waals surface area contributed by atoms with Gasteiger partial charge in [0.05, 0.1) is 13.0 Å². The molecule has 0 amide bonds. The van der Waals surface area contributed by atoms with Crippen LogP contribution >= 0.6 is 0 Å². The molecule has 5 atom stereocenters. The number of hydrogen-bond donors (Lipinski definition) is 1. The SMILES string of the molecule is C#C[C@@]1(OC(=O)C2=C[CH+]CN(C)C2)CC[C@H]2[C@@H]3CCc4cc(O)ccc4[C@H]3CC[C@@]21C. The summed E-state index contributed by atoms with van der Waals surface area (Å²) in [6, 6.07) is 5.88. The first-order valence-corrected chi connectivity index (χ1v) is 11.6. The molecule has 2 fully saturated rings. The average molecular weight is 419 g/mol. The number of benzene rings is 1. The smallest absolute Gasteiger partial charge is 0.421 e. The van der Waals surface area contributed by atoms with Crippen LogP contribution in [0.3, 0.4) is 0 Å². The highest BCUT2D eigenvalue weighted by atomic mass is 16.6. The number of carbonyl (C=O) groups excluding carboxylic acids is 1. The molecule has 1 aliphatic heterocycles. The van der Waals surface area contributed by atoms with Crippen molar-refractivity contribution < 1.29 is 14.6 Å². The van der Waals surface area contributed by atoms with Crippen LogP contribution in [0.2, 0.25) is 0 Å². The summed E-state index contributed by atoms with van der Waals surface area (Å²) < 4.78 is 6.25. The predicted molar refractivity (Wildman–Crippen MR) is 120 cm³/mol. The molecule has 4 nitrogen and oxygen atoms in total. The first kappa shape index (κ1) is 20.5. The van der Waals surface area contributed by atoms with Crippen molar-refractivity contribution in [3.63, 3.8) is 0 Å². The van der Waals surface area contributed by atoms with E-state index in [2.05, 4.69) is 23.8 Å². The Labute approximate surface area is 185 Å². The summed E-state index contributed by atoms with van der Waals surface area (Å²) in [5, 5.41) is 9.90. The van der Waals surface area contributed by atoms with Crippen LogP contribution in [0.1, 0.15) is 56.1 Å². The Balaban J connectivity index is 1.42. The van der Waals surface area contributed by atoms with E-state index in [0.717, 1.165) is 45.1 Å². The lowest BCUT2D eigenvalue weighted by Gasteiger charge is -2.52. The van der Waals surface area contributed by atoms with Crippen molar-refractivity contribution in [2.24, 2.45) is 17.3 Å². The second-order valence-corrected chi connectivity index (χ2v) is 10.3. The molecule has 1 N–H and O–H groups in total. The number of carbonyl (C=O) groups is 1. The van der Waals surface area contributed by atoms with E-state index in [1.165, 1.54) is 11.1 Å². The van der Waals surface area contributed by atoms with E-state index in [4.69, 9.17) is 11.2 Å². The Kier molecular flexibility index (Phi) is 4.86. The number of phenolic OH excluding ortho intramolecular Hbond substituents is 1. The lowest BCUT2D eigenvalue weighted by Crippen LogP contribution is -2.52. The third-order valence-corrected chi connectivity index (χ3v) is 8.77. The number of terminal acetylenes is 1. The standard InChI is InChI=1S/C27H31NO3/c1-4-27(31-25(30)19-6-5-15-28(3)17-19)14-12-24-23-9-7-18-16-20(29)8-10-21(18)22(23)11-13-26(24,27)2/h1,5-6,8,10,16,22-24H,7,9,11-15,17H2,2-3H3/p+1/t22-,23-,24+,26+,27-/m1/s1. The van der Waals surface area contributed by atoms with Crippen LogP contribution in [0.4, 0.5) is 0 Å². The van der Waals surface area contributed by atoms with Crippen LogP contribution in [0, 0.1) is 36.0 Å². The number of likely N-dealkylation sites (N-methyl/N-ethyl adjacent to an activating group) is 1. The van der Waals surface area contributed by atoms with Crippen molar-refractivity contribution in [3.05, 3.63) is 47.4 Å². The van der Waals surface area contributed by atoms with Crippen molar-refractivity contribution in [1.29, 1.82) is 0 Å². The quantitative estimate of drug-likeness (QED) is 0.443. The second-order valence-electron chi connectivity index (χ2n) is 10.3. The maximum atomic E-state index is 13.1. The zero-order chi connectivity index (χ0) is 21.8. The number of aryl methyl sites for hydroxylation is 1. The summed E-state index contributed by atoms with van der Waals surface area (Å²) in [6.45, 7) is 3.72. The fourth-order valence-corrected chi connectivity index (χ4v) is 7.14. The van der Waals surface area contributed by atoms with Gasteiger partial charge in [-0.05, 0) is 86.6 Å². The summed E-state index contributed by atoms with van der Waals surface area (Å²) in [4.78, 5) is 15.2. The molecule has 5 rings (SSSR count). The lowest BCUT2D eigenvalue weighted by atomic mass is 9.53. The van der Waals surface area contributed by atoms with Crippen molar-refractivity contribution in [3.8, 4) is 18.1 Å². The summed E-state index contributed by atoms with van der Waals surface area (Å²) >= 11 is 0.